The third-order valence-corrected chi connectivity index (χ3v) is 2.49. The molecule has 0 amide bonds. The molecule has 0 unspecified atom stereocenters. The molecule has 3 heteroatoms. The van der Waals surface area contributed by atoms with E-state index in [0.717, 1.165) is 5.56 Å². The van der Waals surface area contributed by atoms with Crippen molar-refractivity contribution in [1.29, 1.82) is 0 Å². The molecule has 0 radical (unpaired) electrons. The van der Waals surface area contributed by atoms with Crippen molar-refractivity contribution >= 4 is 18.2 Å². The first kappa shape index (κ1) is 13.4. The second kappa shape index (κ2) is 6.18. The lowest BCUT2D eigenvalue weighted by Crippen LogP contribution is -2.02. The van der Waals surface area contributed by atoms with Crippen LogP contribution in [0.15, 0.2) is 54.6 Å². The Morgan fingerprint density at radius 1 is 0.882 bits per heavy atom. The Bertz CT molecular complexity index is 479. The van der Waals surface area contributed by atoms with Crippen LogP contribution in [0.4, 0.5) is 0 Å². The Kier molecular flexibility index (Phi) is 4.88. The number of benzene rings is 2. The van der Waals surface area contributed by atoms with Crippen molar-refractivity contribution in [3.05, 3.63) is 71.3 Å². The maximum absolute atomic E-state index is 12.0. The van der Waals surface area contributed by atoms with Crippen molar-refractivity contribution in [3.63, 3.8) is 0 Å². The Morgan fingerprint density at radius 3 is 1.94 bits per heavy atom. The van der Waals surface area contributed by atoms with Gasteiger partial charge in [0.15, 0.2) is 5.78 Å². The normalized spacial score (nSPS) is 9.47. The SMILES string of the molecule is Cl.NCc1ccc(C(=O)c2ccccc2)cc1. The van der Waals surface area contributed by atoms with E-state index in [1.807, 2.05) is 54.6 Å². The fourth-order valence-corrected chi connectivity index (χ4v) is 1.55. The zero-order valence-electron chi connectivity index (χ0n) is 9.30. The Labute approximate surface area is 107 Å². The van der Waals surface area contributed by atoms with Gasteiger partial charge in [0.2, 0.25) is 0 Å². The molecule has 0 aliphatic carbocycles. The molecular formula is C14H14ClNO. The number of rotatable bonds is 3. The average molecular weight is 248 g/mol. The lowest BCUT2D eigenvalue weighted by molar-refractivity contribution is 0.103. The van der Waals surface area contributed by atoms with Crippen LogP contribution in [0.3, 0.4) is 0 Å². The molecule has 0 saturated heterocycles. The molecule has 0 heterocycles. The van der Waals surface area contributed by atoms with E-state index in [9.17, 15) is 4.79 Å². The van der Waals surface area contributed by atoms with Crippen LogP contribution < -0.4 is 5.73 Å². The number of hydrogen-bond acceptors (Lipinski definition) is 2. The topological polar surface area (TPSA) is 43.1 Å². The summed E-state index contributed by atoms with van der Waals surface area (Å²) in [5.74, 6) is 0.0455. The number of carbonyl (C=O) groups excluding carboxylic acids is 1. The number of halogens is 1. The summed E-state index contributed by atoms with van der Waals surface area (Å²) in [6.45, 7) is 0.500. The van der Waals surface area contributed by atoms with Gasteiger partial charge in [-0.3, -0.25) is 4.79 Å². The molecular weight excluding hydrogens is 234 g/mol. The first-order chi connectivity index (χ1) is 7.81. The zero-order valence-corrected chi connectivity index (χ0v) is 10.1. The van der Waals surface area contributed by atoms with Gasteiger partial charge in [0.25, 0.3) is 0 Å². The minimum Gasteiger partial charge on any atom is -0.326 e. The summed E-state index contributed by atoms with van der Waals surface area (Å²) in [6, 6.07) is 16.7. The van der Waals surface area contributed by atoms with Crippen molar-refractivity contribution in [1.82, 2.24) is 0 Å². The first-order valence-electron chi connectivity index (χ1n) is 5.20. The molecule has 0 fully saturated rings. The summed E-state index contributed by atoms with van der Waals surface area (Å²) in [5, 5.41) is 0. The molecule has 0 aliphatic heterocycles. The van der Waals surface area contributed by atoms with E-state index >= 15 is 0 Å². The van der Waals surface area contributed by atoms with Crippen LogP contribution in [0.1, 0.15) is 21.5 Å². The van der Waals surface area contributed by atoms with Gasteiger partial charge < -0.3 is 5.73 Å². The molecule has 17 heavy (non-hydrogen) atoms. The van der Waals surface area contributed by atoms with Gasteiger partial charge in [-0.15, -0.1) is 12.4 Å². The smallest absolute Gasteiger partial charge is 0.193 e. The van der Waals surface area contributed by atoms with Crippen LogP contribution in [0.5, 0.6) is 0 Å². The minimum absolute atomic E-state index is 0. The van der Waals surface area contributed by atoms with E-state index in [1.165, 1.54) is 0 Å². The molecule has 2 aromatic carbocycles. The van der Waals surface area contributed by atoms with Crippen molar-refractivity contribution in [2.75, 3.05) is 0 Å². The molecule has 0 aromatic heterocycles. The molecule has 0 aliphatic rings. The zero-order chi connectivity index (χ0) is 11.4. The number of nitrogens with two attached hydrogens (primary N) is 1. The van der Waals surface area contributed by atoms with Gasteiger partial charge in [-0.2, -0.15) is 0 Å². The largest absolute Gasteiger partial charge is 0.326 e. The van der Waals surface area contributed by atoms with E-state index in [2.05, 4.69) is 0 Å². The molecule has 0 spiro atoms. The standard InChI is InChI=1S/C14H13NO.ClH/c15-10-11-6-8-13(9-7-11)14(16)12-4-2-1-3-5-12;/h1-9H,10,15H2;1H. The predicted octanol–water partition coefficient (Wildman–Crippen LogP) is 2.80. The van der Waals surface area contributed by atoms with Crippen LogP contribution >= 0.6 is 12.4 Å². The summed E-state index contributed by atoms with van der Waals surface area (Å²) in [5.41, 5.74) is 7.94. The molecule has 0 bridgehead atoms. The lowest BCUT2D eigenvalue weighted by atomic mass is 10.0. The maximum atomic E-state index is 12.0. The van der Waals surface area contributed by atoms with Crippen LogP contribution in [-0.2, 0) is 6.54 Å². The van der Waals surface area contributed by atoms with Gasteiger partial charge in [0, 0.05) is 17.7 Å². The van der Waals surface area contributed by atoms with Crippen molar-refractivity contribution < 1.29 is 4.79 Å². The van der Waals surface area contributed by atoms with E-state index < -0.39 is 0 Å². The number of carbonyl (C=O) groups is 1. The quantitative estimate of drug-likeness (QED) is 0.848. The molecule has 88 valence electrons. The van der Waals surface area contributed by atoms with Crippen LogP contribution in [0.2, 0.25) is 0 Å². The van der Waals surface area contributed by atoms with Gasteiger partial charge in [0.05, 0.1) is 0 Å². The summed E-state index contributed by atoms with van der Waals surface area (Å²) < 4.78 is 0. The van der Waals surface area contributed by atoms with Crippen molar-refractivity contribution in [3.8, 4) is 0 Å². The molecule has 0 atom stereocenters. The Balaban J connectivity index is 0.00000144. The van der Waals surface area contributed by atoms with E-state index in [1.54, 1.807) is 0 Å². The fourth-order valence-electron chi connectivity index (χ4n) is 1.55. The Morgan fingerprint density at radius 2 is 1.41 bits per heavy atom. The number of hydrogen-bond donors (Lipinski definition) is 1. The second-order valence-electron chi connectivity index (χ2n) is 3.60. The van der Waals surface area contributed by atoms with Gasteiger partial charge in [-0.25, -0.2) is 0 Å². The fraction of sp³-hybridized carbons (Fsp3) is 0.0714. The minimum atomic E-state index is 0. The summed E-state index contributed by atoms with van der Waals surface area (Å²) >= 11 is 0. The molecule has 2 aromatic rings. The van der Waals surface area contributed by atoms with E-state index in [-0.39, 0.29) is 18.2 Å². The average Bonchev–Trinajstić information content (AvgIpc) is 2.39. The summed E-state index contributed by atoms with van der Waals surface area (Å²) in [7, 11) is 0. The highest BCUT2D eigenvalue weighted by Gasteiger charge is 2.07. The Hall–Kier alpha value is -1.64. The highest BCUT2D eigenvalue weighted by Crippen LogP contribution is 2.10. The molecule has 2 N–H and O–H groups in total. The first-order valence-corrected chi connectivity index (χ1v) is 5.20. The lowest BCUT2D eigenvalue weighted by Gasteiger charge is -2.02. The third-order valence-electron chi connectivity index (χ3n) is 2.49. The van der Waals surface area contributed by atoms with Crippen LogP contribution in [-0.4, -0.2) is 5.78 Å². The van der Waals surface area contributed by atoms with Crippen LogP contribution in [0, 0.1) is 0 Å². The van der Waals surface area contributed by atoms with Crippen LogP contribution in [0.25, 0.3) is 0 Å². The molecule has 2 rings (SSSR count). The predicted molar refractivity (Wildman–Crippen MR) is 71.5 cm³/mol. The number of ketones is 1. The van der Waals surface area contributed by atoms with E-state index in [0.29, 0.717) is 17.7 Å². The molecule has 0 saturated carbocycles. The maximum Gasteiger partial charge on any atom is 0.193 e. The van der Waals surface area contributed by atoms with Gasteiger partial charge >= 0.3 is 0 Å². The summed E-state index contributed by atoms with van der Waals surface area (Å²) in [4.78, 5) is 12.0. The van der Waals surface area contributed by atoms with Gasteiger partial charge in [0.1, 0.15) is 0 Å². The molecule has 2 nitrogen and oxygen atoms in total. The second-order valence-corrected chi connectivity index (χ2v) is 3.60. The van der Waals surface area contributed by atoms with Gasteiger partial charge in [-0.1, -0.05) is 54.6 Å². The summed E-state index contributed by atoms with van der Waals surface area (Å²) in [6.07, 6.45) is 0. The monoisotopic (exact) mass is 247 g/mol. The van der Waals surface area contributed by atoms with Crippen molar-refractivity contribution in [2.45, 2.75) is 6.54 Å². The highest BCUT2D eigenvalue weighted by atomic mass is 35.5. The van der Waals surface area contributed by atoms with Crippen molar-refractivity contribution in [2.24, 2.45) is 5.73 Å². The highest BCUT2D eigenvalue weighted by molar-refractivity contribution is 6.08. The van der Waals surface area contributed by atoms with Gasteiger partial charge in [-0.05, 0) is 5.56 Å². The van der Waals surface area contributed by atoms with E-state index in [4.69, 9.17) is 5.73 Å². The third kappa shape index (κ3) is 3.16.